The number of aromatic amines is 1. The third-order valence-electron chi connectivity index (χ3n) is 3.96. The van der Waals surface area contributed by atoms with Gasteiger partial charge in [0.05, 0.1) is 11.1 Å². The Bertz CT molecular complexity index is 1060. The molecule has 4 rings (SSSR count). The fourth-order valence-electron chi connectivity index (χ4n) is 2.83. The lowest BCUT2D eigenvalue weighted by Crippen LogP contribution is -2.05. The zero-order valence-electron chi connectivity index (χ0n) is 12.1. The maximum Gasteiger partial charge on any atom is 0.417 e. The van der Waals surface area contributed by atoms with Crippen LogP contribution in [0.4, 0.5) is 5.69 Å². The van der Waals surface area contributed by atoms with E-state index in [-0.39, 0.29) is 5.91 Å². The van der Waals surface area contributed by atoms with Crippen LogP contribution in [-0.2, 0) is 4.79 Å². The number of fused-ring (bicyclic) bond motifs is 2. The van der Waals surface area contributed by atoms with Crippen LogP contribution in [0.25, 0.3) is 22.2 Å². The van der Waals surface area contributed by atoms with Crippen LogP contribution in [0.15, 0.2) is 50.1 Å². The van der Waals surface area contributed by atoms with Crippen LogP contribution in [0.2, 0.25) is 0 Å². The van der Waals surface area contributed by atoms with Crippen molar-refractivity contribution in [2.75, 3.05) is 5.32 Å². The maximum absolute atomic E-state index is 12.4. The van der Waals surface area contributed by atoms with Crippen LogP contribution in [0.5, 0.6) is 0 Å². The number of carbonyl (C=O) groups is 1. The number of oxazole rings is 1. The van der Waals surface area contributed by atoms with Crippen LogP contribution in [0.1, 0.15) is 18.1 Å². The van der Waals surface area contributed by atoms with E-state index in [0.29, 0.717) is 16.7 Å². The number of hydrogen-bond donors (Lipinski definition) is 2. The standard InChI is InChI=1S/C17H11BrN2O3/c1-8(9-2-4-13-14(6-9)23-17(22)20-13)15-11-7-10(18)3-5-12(11)19-16(15)21/h2-7H,1H3,(H,19,21)(H,20,22)/b15-8+. The van der Waals surface area contributed by atoms with E-state index in [0.717, 1.165) is 26.9 Å². The number of aromatic nitrogens is 1. The smallest absolute Gasteiger partial charge is 0.408 e. The number of allylic oxidation sites excluding steroid dienone is 1. The van der Waals surface area contributed by atoms with Crippen molar-refractivity contribution in [2.24, 2.45) is 0 Å². The molecule has 1 amide bonds. The number of carbonyl (C=O) groups excluding carboxylic acids is 1. The van der Waals surface area contributed by atoms with Gasteiger partial charge < -0.3 is 9.73 Å². The molecule has 1 aliphatic rings. The van der Waals surface area contributed by atoms with E-state index < -0.39 is 5.76 Å². The SMILES string of the molecule is C/C(=C1\C(=O)Nc2ccc(Br)cc21)c1ccc2[nH]c(=O)oc2c1. The van der Waals surface area contributed by atoms with Crippen LogP contribution in [-0.4, -0.2) is 10.9 Å². The molecule has 2 heterocycles. The van der Waals surface area contributed by atoms with Crippen LogP contribution >= 0.6 is 15.9 Å². The van der Waals surface area contributed by atoms with Gasteiger partial charge in [0.2, 0.25) is 0 Å². The highest BCUT2D eigenvalue weighted by atomic mass is 79.9. The topological polar surface area (TPSA) is 75.1 Å². The van der Waals surface area contributed by atoms with Gasteiger partial charge in [-0.1, -0.05) is 22.0 Å². The third kappa shape index (κ3) is 2.22. The van der Waals surface area contributed by atoms with Crippen LogP contribution in [0, 0.1) is 0 Å². The first-order valence-corrected chi connectivity index (χ1v) is 7.77. The second-order valence-electron chi connectivity index (χ2n) is 5.37. The molecular formula is C17H11BrN2O3. The average molecular weight is 371 g/mol. The summed E-state index contributed by atoms with van der Waals surface area (Å²) in [5.41, 5.74) is 5.04. The monoisotopic (exact) mass is 370 g/mol. The molecule has 1 aliphatic heterocycles. The van der Waals surface area contributed by atoms with Crippen molar-refractivity contribution in [1.29, 1.82) is 0 Å². The highest BCUT2D eigenvalue weighted by Crippen LogP contribution is 2.38. The molecule has 23 heavy (non-hydrogen) atoms. The average Bonchev–Trinajstić information content (AvgIpc) is 3.03. The van der Waals surface area contributed by atoms with Gasteiger partial charge in [0, 0.05) is 15.7 Å². The Labute approximate surface area is 139 Å². The van der Waals surface area contributed by atoms with Crippen molar-refractivity contribution < 1.29 is 9.21 Å². The summed E-state index contributed by atoms with van der Waals surface area (Å²) >= 11 is 3.44. The Morgan fingerprint density at radius 3 is 2.78 bits per heavy atom. The van der Waals surface area contributed by atoms with E-state index in [9.17, 15) is 9.59 Å². The van der Waals surface area contributed by atoms with E-state index in [1.165, 1.54) is 0 Å². The summed E-state index contributed by atoms with van der Waals surface area (Å²) in [6.07, 6.45) is 0. The van der Waals surface area contributed by atoms with Crippen molar-refractivity contribution >= 4 is 49.8 Å². The molecule has 0 atom stereocenters. The number of benzene rings is 2. The third-order valence-corrected chi connectivity index (χ3v) is 4.45. The molecule has 2 aromatic carbocycles. The lowest BCUT2D eigenvalue weighted by Gasteiger charge is -2.06. The molecule has 0 saturated carbocycles. The molecule has 3 aromatic rings. The fourth-order valence-corrected chi connectivity index (χ4v) is 3.20. The number of anilines is 1. The first kappa shape index (κ1) is 14.0. The van der Waals surface area contributed by atoms with Gasteiger partial charge in [-0.25, -0.2) is 4.79 Å². The number of amides is 1. The van der Waals surface area contributed by atoms with Gasteiger partial charge in [-0.3, -0.25) is 9.78 Å². The van der Waals surface area contributed by atoms with Crippen molar-refractivity contribution in [1.82, 2.24) is 4.98 Å². The number of rotatable bonds is 1. The molecule has 0 bridgehead atoms. The molecule has 1 aromatic heterocycles. The van der Waals surface area contributed by atoms with Gasteiger partial charge in [0.15, 0.2) is 5.58 Å². The molecule has 6 heteroatoms. The predicted octanol–water partition coefficient (Wildman–Crippen LogP) is 3.77. The van der Waals surface area contributed by atoms with Crippen LogP contribution < -0.4 is 11.1 Å². The van der Waals surface area contributed by atoms with Gasteiger partial charge in [0.1, 0.15) is 0 Å². The number of nitrogens with one attached hydrogen (secondary N) is 2. The molecule has 0 spiro atoms. The highest BCUT2D eigenvalue weighted by molar-refractivity contribution is 9.10. The molecule has 5 nitrogen and oxygen atoms in total. The minimum absolute atomic E-state index is 0.133. The molecule has 0 unspecified atom stereocenters. The molecular weight excluding hydrogens is 360 g/mol. The van der Waals surface area contributed by atoms with Gasteiger partial charge in [0.25, 0.3) is 5.91 Å². The minimum atomic E-state index is -0.490. The van der Waals surface area contributed by atoms with E-state index in [1.54, 1.807) is 12.1 Å². The van der Waals surface area contributed by atoms with Gasteiger partial charge in [-0.2, -0.15) is 0 Å². The van der Waals surface area contributed by atoms with Gasteiger partial charge in [-0.15, -0.1) is 0 Å². The second kappa shape index (κ2) is 4.96. The summed E-state index contributed by atoms with van der Waals surface area (Å²) in [5.74, 6) is -0.624. The van der Waals surface area contributed by atoms with Crippen LogP contribution in [0.3, 0.4) is 0 Å². The molecule has 2 N–H and O–H groups in total. The lowest BCUT2D eigenvalue weighted by atomic mass is 9.96. The summed E-state index contributed by atoms with van der Waals surface area (Å²) in [7, 11) is 0. The van der Waals surface area contributed by atoms with Crippen molar-refractivity contribution in [3.63, 3.8) is 0 Å². The molecule has 0 saturated heterocycles. The first-order chi connectivity index (χ1) is 11.0. The van der Waals surface area contributed by atoms with Crippen molar-refractivity contribution in [2.45, 2.75) is 6.92 Å². The largest absolute Gasteiger partial charge is 0.417 e. The predicted molar refractivity (Wildman–Crippen MR) is 92.1 cm³/mol. The summed E-state index contributed by atoms with van der Waals surface area (Å²) in [6, 6.07) is 11.1. The highest BCUT2D eigenvalue weighted by Gasteiger charge is 2.26. The second-order valence-corrected chi connectivity index (χ2v) is 6.29. The summed E-state index contributed by atoms with van der Waals surface area (Å²) < 4.78 is 6.00. The molecule has 0 fully saturated rings. The summed E-state index contributed by atoms with van der Waals surface area (Å²) in [4.78, 5) is 26.2. The van der Waals surface area contributed by atoms with Gasteiger partial charge >= 0.3 is 5.76 Å². The molecule has 114 valence electrons. The Hall–Kier alpha value is -2.60. The molecule has 0 radical (unpaired) electrons. The maximum atomic E-state index is 12.4. The van der Waals surface area contributed by atoms with Crippen molar-refractivity contribution in [3.8, 4) is 0 Å². The Morgan fingerprint density at radius 2 is 1.96 bits per heavy atom. The van der Waals surface area contributed by atoms with E-state index in [2.05, 4.69) is 26.2 Å². The number of halogens is 1. The first-order valence-electron chi connectivity index (χ1n) is 6.98. The Balaban J connectivity index is 1.93. The van der Waals surface area contributed by atoms with E-state index in [4.69, 9.17) is 4.42 Å². The zero-order valence-corrected chi connectivity index (χ0v) is 13.7. The normalized spacial score (nSPS) is 15.7. The zero-order chi connectivity index (χ0) is 16.1. The molecule has 0 aliphatic carbocycles. The Morgan fingerprint density at radius 1 is 1.13 bits per heavy atom. The summed E-state index contributed by atoms with van der Waals surface area (Å²) in [5, 5.41) is 2.87. The number of H-pyrrole nitrogens is 1. The van der Waals surface area contributed by atoms with Gasteiger partial charge in [-0.05, 0) is 48.4 Å². The lowest BCUT2D eigenvalue weighted by molar-refractivity contribution is -0.110. The fraction of sp³-hybridized carbons (Fsp3) is 0.0588. The summed E-state index contributed by atoms with van der Waals surface area (Å²) in [6.45, 7) is 1.89. The Kier molecular flexibility index (Phi) is 3.02. The minimum Gasteiger partial charge on any atom is -0.408 e. The number of hydrogen-bond acceptors (Lipinski definition) is 3. The van der Waals surface area contributed by atoms with E-state index >= 15 is 0 Å². The van der Waals surface area contributed by atoms with Crippen molar-refractivity contribution in [3.05, 3.63) is 62.5 Å². The quantitative estimate of drug-likeness (QED) is 0.640. The van der Waals surface area contributed by atoms with E-state index in [1.807, 2.05) is 31.2 Å².